The largest absolute Gasteiger partial charge is 0.486 e. The first-order chi connectivity index (χ1) is 9.33. The molecule has 104 valence electrons. The van der Waals surface area contributed by atoms with Crippen LogP contribution in [0.3, 0.4) is 0 Å². The molecule has 0 spiro atoms. The summed E-state index contributed by atoms with van der Waals surface area (Å²) in [6.07, 6.45) is 5.11. The maximum atomic E-state index is 12.3. The van der Waals surface area contributed by atoms with Crippen molar-refractivity contribution >= 4 is 10.8 Å². The van der Waals surface area contributed by atoms with Crippen LogP contribution in [0.25, 0.3) is 0 Å². The van der Waals surface area contributed by atoms with Gasteiger partial charge in [-0.3, -0.25) is 4.21 Å². The van der Waals surface area contributed by atoms with E-state index in [1.807, 2.05) is 18.2 Å². The SMILES string of the molecule is O=S(Cc1cccc2c1OCCO2)CC1CCCC1. The number of para-hydroxylation sites is 1. The van der Waals surface area contributed by atoms with E-state index in [-0.39, 0.29) is 0 Å². The van der Waals surface area contributed by atoms with E-state index in [2.05, 4.69) is 0 Å². The molecule has 1 aromatic carbocycles. The minimum atomic E-state index is -0.794. The molecule has 1 heterocycles. The van der Waals surface area contributed by atoms with E-state index >= 15 is 0 Å². The predicted octanol–water partition coefficient (Wildman–Crippen LogP) is 2.90. The van der Waals surface area contributed by atoms with Crippen molar-refractivity contribution in [1.29, 1.82) is 0 Å². The van der Waals surface area contributed by atoms with Crippen LogP contribution < -0.4 is 9.47 Å². The first kappa shape index (κ1) is 13.0. The van der Waals surface area contributed by atoms with E-state index in [4.69, 9.17) is 9.47 Å². The van der Waals surface area contributed by atoms with Gasteiger partial charge in [0.15, 0.2) is 11.5 Å². The molecule has 0 N–H and O–H groups in total. The van der Waals surface area contributed by atoms with E-state index < -0.39 is 10.8 Å². The van der Waals surface area contributed by atoms with Crippen LogP contribution in [0.4, 0.5) is 0 Å². The second kappa shape index (κ2) is 5.95. The molecule has 3 nitrogen and oxygen atoms in total. The van der Waals surface area contributed by atoms with Gasteiger partial charge in [-0.1, -0.05) is 25.0 Å². The molecule has 1 fully saturated rings. The zero-order chi connectivity index (χ0) is 13.1. The Hall–Kier alpha value is -1.03. The number of hydrogen-bond acceptors (Lipinski definition) is 3. The van der Waals surface area contributed by atoms with Gasteiger partial charge >= 0.3 is 0 Å². The van der Waals surface area contributed by atoms with Gasteiger partial charge in [0, 0.05) is 22.1 Å². The van der Waals surface area contributed by atoms with Gasteiger partial charge in [-0.2, -0.15) is 0 Å². The summed E-state index contributed by atoms with van der Waals surface area (Å²) in [5, 5.41) is 0. The molecule has 1 unspecified atom stereocenters. The monoisotopic (exact) mass is 280 g/mol. The molecular weight excluding hydrogens is 260 g/mol. The van der Waals surface area contributed by atoms with Gasteiger partial charge in [-0.25, -0.2) is 0 Å². The zero-order valence-electron chi connectivity index (χ0n) is 11.1. The first-order valence-electron chi connectivity index (χ1n) is 7.05. The standard InChI is InChI=1S/C15H20O3S/c16-19(10-12-4-1-2-5-12)11-13-6-3-7-14-15(13)18-9-8-17-14/h3,6-7,12H,1-2,4-5,8-11H2. The molecule has 0 aromatic heterocycles. The first-order valence-corrected chi connectivity index (χ1v) is 8.54. The summed E-state index contributed by atoms with van der Waals surface area (Å²) in [6, 6.07) is 5.87. The Balaban J connectivity index is 1.67. The van der Waals surface area contributed by atoms with Gasteiger partial charge in [0.25, 0.3) is 0 Å². The Morgan fingerprint density at radius 3 is 2.79 bits per heavy atom. The Morgan fingerprint density at radius 1 is 1.16 bits per heavy atom. The average molecular weight is 280 g/mol. The summed E-state index contributed by atoms with van der Waals surface area (Å²) in [5.74, 6) is 3.68. The predicted molar refractivity (Wildman–Crippen MR) is 76.1 cm³/mol. The van der Waals surface area contributed by atoms with Crippen LogP contribution in [0.15, 0.2) is 18.2 Å². The van der Waals surface area contributed by atoms with Crippen LogP contribution in [0.1, 0.15) is 31.2 Å². The number of rotatable bonds is 4. The lowest BCUT2D eigenvalue weighted by Gasteiger charge is -2.21. The van der Waals surface area contributed by atoms with Crippen molar-refractivity contribution in [3.05, 3.63) is 23.8 Å². The van der Waals surface area contributed by atoms with Crippen molar-refractivity contribution in [2.75, 3.05) is 19.0 Å². The fraction of sp³-hybridized carbons (Fsp3) is 0.600. The van der Waals surface area contributed by atoms with Crippen LogP contribution in [0, 0.1) is 5.92 Å². The van der Waals surface area contributed by atoms with Crippen LogP contribution >= 0.6 is 0 Å². The quantitative estimate of drug-likeness (QED) is 0.850. The minimum Gasteiger partial charge on any atom is -0.486 e. The van der Waals surface area contributed by atoms with Crippen molar-refractivity contribution in [2.45, 2.75) is 31.4 Å². The van der Waals surface area contributed by atoms with Crippen molar-refractivity contribution in [1.82, 2.24) is 0 Å². The Morgan fingerprint density at radius 2 is 1.95 bits per heavy atom. The van der Waals surface area contributed by atoms with Crippen LogP contribution in [-0.2, 0) is 16.6 Å². The summed E-state index contributed by atoms with van der Waals surface area (Å²) in [4.78, 5) is 0. The number of ether oxygens (including phenoxy) is 2. The zero-order valence-corrected chi connectivity index (χ0v) is 11.9. The molecule has 19 heavy (non-hydrogen) atoms. The third-order valence-electron chi connectivity index (χ3n) is 3.86. The van der Waals surface area contributed by atoms with Gasteiger partial charge in [0.1, 0.15) is 13.2 Å². The third kappa shape index (κ3) is 3.11. The highest BCUT2D eigenvalue weighted by molar-refractivity contribution is 7.84. The second-order valence-electron chi connectivity index (χ2n) is 5.34. The Labute approximate surface area is 116 Å². The van der Waals surface area contributed by atoms with Gasteiger partial charge in [-0.05, 0) is 24.8 Å². The topological polar surface area (TPSA) is 35.5 Å². The minimum absolute atomic E-state index is 0.583. The number of fused-ring (bicyclic) bond motifs is 1. The summed E-state index contributed by atoms with van der Waals surface area (Å²) in [6.45, 7) is 1.18. The molecule has 0 bridgehead atoms. The van der Waals surface area contributed by atoms with Crippen molar-refractivity contribution in [2.24, 2.45) is 5.92 Å². The average Bonchev–Trinajstić information content (AvgIpc) is 2.92. The van der Waals surface area contributed by atoms with Gasteiger partial charge in [0.05, 0.1) is 5.75 Å². The third-order valence-corrected chi connectivity index (χ3v) is 5.34. The van der Waals surface area contributed by atoms with Gasteiger partial charge < -0.3 is 9.47 Å². The van der Waals surface area contributed by atoms with Crippen LogP contribution in [-0.4, -0.2) is 23.2 Å². The normalized spacial score (nSPS) is 20.4. The highest BCUT2D eigenvalue weighted by Crippen LogP contribution is 2.34. The summed E-state index contributed by atoms with van der Waals surface area (Å²) in [5.41, 5.74) is 1.02. The number of hydrogen-bond donors (Lipinski definition) is 0. The molecule has 0 saturated heterocycles. The van der Waals surface area contributed by atoms with E-state index in [9.17, 15) is 4.21 Å². The molecular formula is C15H20O3S. The molecule has 0 amide bonds. The highest BCUT2D eigenvalue weighted by atomic mass is 32.2. The smallest absolute Gasteiger partial charge is 0.165 e. The summed E-state index contributed by atoms with van der Waals surface area (Å²) >= 11 is 0. The molecule has 3 rings (SSSR count). The maximum Gasteiger partial charge on any atom is 0.165 e. The molecule has 2 aliphatic rings. The van der Waals surface area contributed by atoms with Gasteiger partial charge in [-0.15, -0.1) is 0 Å². The fourth-order valence-corrected chi connectivity index (χ4v) is 4.47. The van der Waals surface area contributed by atoms with Crippen molar-refractivity contribution in [3.8, 4) is 11.5 Å². The van der Waals surface area contributed by atoms with E-state index in [1.165, 1.54) is 25.7 Å². The molecule has 4 heteroatoms. The van der Waals surface area contributed by atoms with E-state index in [0.29, 0.717) is 24.9 Å². The van der Waals surface area contributed by atoms with E-state index in [1.54, 1.807) is 0 Å². The second-order valence-corrected chi connectivity index (χ2v) is 6.84. The van der Waals surface area contributed by atoms with Crippen molar-refractivity contribution < 1.29 is 13.7 Å². The summed E-state index contributed by atoms with van der Waals surface area (Å²) < 4.78 is 23.5. The van der Waals surface area contributed by atoms with E-state index in [0.717, 1.165) is 22.8 Å². The Kier molecular flexibility index (Phi) is 4.06. The molecule has 0 radical (unpaired) electrons. The highest BCUT2D eigenvalue weighted by Gasteiger charge is 2.20. The summed E-state index contributed by atoms with van der Waals surface area (Å²) in [7, 11) is -0.794. The molecule has 1 aliphatic carbocycles. The number of benzene rings is 1. The lowest BCUT2D eigenvalue weighted by atomic mass is 10.1. The molecule has 1 aromatic rings. The molecule has 1 aliphatic heterocycles. The maximum absolute atomic E-state index is 12.3. The Bertz CT molecular complexity index is 466. The molecule has 1 saturated carbocycles. The van der Waals surface area contributed by atoms with Crippen molar-refractivity contribution in [3.63, 3.8) is 0 Å². The van der Waals surface area contributed by atoms with Crippen LogP contribution in [0.2, 0.25) is 0 Å². The molecule has 1 atom stereocenters. The van der Waals surface area contributed by atoms with Crippen LogP contribution in [0.5, 0.6) is 11.5 Å². The lowest BCUT2D eigenvalue weighted by Crippen LogP contribution is -2.17. The van der Waals surface area contributed by atoms with Gasteiger partial charge in [0.2, 0.25) is 0 Å². The fourth-order valence-electron chi connectivity index (χ4n) is 2.92. The lowest BCUT2D eigenvalue weighted by molar-refractivity contribution is 0.170.